The summed E-state index contributed by atoms with van der Waals surface area (Å²) in [5, 5.41) is 9.69. The molecule has 11 rings (SSSR count). The number of nitrogens with zero attached hydrogens (tertiary/aromatic N) is 3. The smallest absolute Gasteiger partial charge is 0.160 e. The molecule has 1 aromatic heterocycles. The minimum Gasteiger partial charge on any atom is -0.228 e. The van der Waals surface area contributed by atoms with Gasteiger partial charge in [0.1, 0.15) is 0 Å². The maximum atomic E-state index is 9.69. The van der Waals surface area contributed by atoms with Crippen molar-refractivity contribution in [3.05, 3.63) is 217 Å². The molecule has 8 aromatic carbocycles. The minimum absolute atomic E-state index is 0.0459. The second kappa shape index (κ2) is 15.7. The maximum absolute atomic E-state index is 9.69. The van der Waals surface area contributed by atoms with Gasteiger partial charge in [0.2, 0.25) is 0 Å². The molecule has 294 valence electrons. The van der Waals surface area contributed by atoms with Gasteiger partial charge in [-0.1, -0.05) is 189 Å². The van der Waals surface area contributed by atoms with Crippen molar-refractivity contribution < 1.29 is 0 Å². The van der Waals surface area contributed by atoms with Crippen LogP contribution in [0.3, 0.4) is 0 Å². The molecule has 0 bridgehead atoms. The van der Waals surface area contributed by atoms with Crippen LogP contribution in [0.4, 0.5) is 0 Å². The predicted octanol–water partition coefficient (Wildman–Crippen LogP) is 15.2. The molecule has 3 heteroatoms. The van der Waals surface area contributed by atoms with Gasteiger partial charge in [0.05, 0.1) is 23.0 Å². The number of benzene rings is 8. The molecule has 0 aliphatic heterocycles. The van der Waals surface area contributed by atoms with Crippen LogP contribution in [0, 0.1) is 11.3 Å². The molecule has 0 N–H and O–H groups in total. The highest BCUT2D eigenvalue weighted by molar-refractivity contribution is 5.85. The van der Waals surface area contributed by atoms with Gasteiger partial charge in [0.15, 0.2) is 5.82 Å². The SMILES string of the molecule is N#Cc1ccc2c(c1)-c1ccc(-c3ccc(-c4cccc(-c5ccc(-c6cc(-c7ccc(-c8ccccc8)cc7)nc(-c7ccccc7)n6)cc5)c4)cc3)cc1C21CCCCC1. The first-order valence-corrected chi connectivity index (χ1v) is 21.7. The van der Waals surface area contributed by atoms with Crippen LogP contribution in [-0.2, 0) is 5.41 Å². The molecule has 2 aliphatic carbocycles. The summed E-state index contributed by atoms with van der Waals surface area (Å²) in [6.45, 7) is 0. The van der Waals surface area contributed by atoms with Crippen molar-refractivity contribution in [2.45, 2.75) is 37.5 Å². The summed E-state index contributed by atoms with van der Waals surface area (Å²) >= 11 is 0. The first kappa shape index (κ1) is 37.3. The van der Waals surface area contributed by atoms with E-state index in [1.54, 1.807) is 0 Å². The van der Waals surface area contributed by atoms with Crippen LogP contribution in [-0.4, -0.2) is 9.97 Å². The summed E-state index contributed by atoms with van der Waals surface area (Å²) in [5.74, 6) is 0.707. The van der Waals surface area contributed by atoms with Gasteiger partial charge in [-0.15, -0.1) is 0 Å². The third kappa shape index (κ3) is 6.81. The van der Waals surface area contributed by atoms with Crippen molar-refractivity contribution in [1.29, 1.82) is 5.26 Å². The average molecular weight is 794 g/mol. The van der Waals surface area contributed by atoms with E-state index in [0.29, 0.717) is 5.82 Å². The van der Waals surface area contributed by atoms with Crippen molar-refractivity contribution in [2.24, 2.45) is 0 Å². The van der Waals surface area contributed by atoms with Crippen LogP contribution in [0.25, 0.3) is 89.5 Å². The van der Waals surface area contributed by atoms with E-state index >= 15 is 0 Å². The van der Waals surface area contributed by atoms with E-state index in [0.717, 1.165) is 39.2 Å². The first-order valence-electron chi connectivity index (χ1n) is 21.7. The van der Waals surface area contributed by atoms with Gasteiger partial charge in [-0.3, -0.25) is 0 Å². The Bertz CT molecular complexity index is 3120. The molecule has 1 fully saturated rings. The van der Waals surface area contributed by atoms with Gasteiger partial charge < -0.3 is 0 Å². The number of rotatable bonds is 7. The number of aromatic nitrogens is 2. The number of hydrogen-bond donors (Lipinski definition) is 0. The third-order valence-electron chi connectivity index (χ3n) is 13.2. The molecule has 3 nitrogen and oxygen atoms in total. The first-order chi connectivity index (χ1) is 30.6. The third-order valence-corrected chi connectivity index (χ3v) is 13.2. The average Bonchev–Trinajstić information content (AvgIpc) is 3.61. The Morgan fingerprint density at radius 2 is 0.823 bits per heavy atom. The molecule has 0 radical (unpaired) electrons. The molecule has 9 aromatic rings. The van der Waals surface area contributed by atoms with Crippen molar-refractivity contribution in [2.75, 3.05) is 0 Å². The number of fused-ring (bicyclic) bond motifs is 5. The second-order valence-corrected chi connectivity index (χ2v) is 16.8. The zero-order valence-electron chi connectivity index (χ0n) is 34.4. The van der Waals surface area contributed by atoms with Crippen molar-refractivity contribution in [3.63, 3.8) is 0 Å². The van der Waals surface area contributed by atoms with Crippen LogP contribution in [0.15, 0.2) is 200 Å². The van der Waals surface area contributed by atoms with Gasteiger partial charge in [-0.05, 0) is 110 Å². The van der Waals surface area contributed by atoms with Crippen LogP contribution < -0.4 is 0 Å². The highest BCUT2D eigenvalue weighted by Crippen LogP contribution is 2.56. The van der Waals surface area contributed by atoms with Gasteiger partial charge >= 0.3 is 0 Å². The summed E-state index contributed by atoms with van der Waals surface area (Å²) in [5.41, 5.74) is 20.6. The largest absolute Gasteiger partial charge is 0.228 e. The summed E-state index contributed by atoms with van der Waals surface area (Å²) in [6.07, 6.45) is 6.11. The van der Waals surface area contributed by atoms with E-state index in [1.807, 2.05) is 30.3 Å². The fourth-order valence-corrected chi connectivity index (χ4v) is 9.94. The van der Waals surface area contributed by atoms with E-state index in [9.17, 15) is 5.26 Å². The molecule has 1 spiro atoms. The maximum Gasteiger partial charge on any atom is 0.160 e. The van der Waals surface area contributed by atoms with Gasteiger partial charge in [-0.25, -0.2) is 9.97 Å². The Morgan fingerprint density at radius 1 is 0.355 bits per heavy atom. The monoisotopic (exact) mass is 793 g/mol. The molecule has 0 atom stereocenters. The standard InChI is InChI=1S/C59H43N3/c60-39-40-17-32-54-53(35-40)52-31-30-51(37-55(52)59(54)33-8-3-9-34-59)45-20-18-43(19-21-45)49-15-10-16-50(36-49)44-24-28-47(29-25-44)57-38-56(61-58(62-57)48-13-6-2-7-14-48)46-26-22-42(23-27-46)41-11-4-1-5-12-41/h1-2,4-7,10-32,35-38H,3,8-9,33-34H2. The summed E-state index contributed by atoms with van der Waals surface area (Å²) in [4.78, 5) is 10.1. The highest BCUT2D eigenvalue weighted by atomic mass is 14.9. The van der Waals surface area contributed by atoms with Crippen LogP contribution in [0.5, 0.6) is 0 Å². The minimum atomic E-state index is 0.0459. The van der Waals surface area contributed by atoms with E-state index in [-0.39, 0.29) is 5.41 Å². The molecule has 62 heavy (non-hydrogen) atoms. The Labute approximate surface area is 363 Å². The van der Waals surface area contributed by atoms with Crippen molar-refractivity contribution >= 4 is 0 Å². The van der Waals surface area contributed by atoms with Crippen LogP contribution in [0.1, 0.15) is 48.8 Å². The van der Waals surface area contributed by atoms with E-state index in [1.165, 1.54) is 93.3 Å². The molecule has 0 amide bonds. The van der Waals surface area contributed by atoms with Crippen molar-refractivity contribution in [3.8, 4) is 95.6 Å². The Kier molecular flexibility index (Phi) is 9.48. The fraction of sp³-hybridized carbons (Fsp3) is 0.102. The highest BCUT2D eigenvalue weighted by Gasteiger charge is 2.43. The second-order valence-electron chi connectivity index (χ2n) is 16.8. The van der Waals surface area contributed by atoms with Crippen molar-refractivity contribution in [1.82, 2.24) is 9.97 Å². The van der Waals surface area contributed by atoms with Crippen LogP contribution in [0.2, 0.25) is 0 Å². The number of hydrogen-bond acceptors (Lipinski definition) is 3. The van der Waals surface area contributed by atoms with E-state index in [4.69, 9.17) is 9.97 Å². The molecule has 1 heterocycles. The van der Waals surface area contributed by atoms with E-state index < -0.39 is 0 Å². The zero-order valence-corrected chi connectivity index (χ0v) is 34.4. The Morgan fingerprint density at radius 3 is 1.39 bits per heavy atom. The lowest BCUT2D eigenvalue weighted by atomic mass is 9.67. The van der Waals surface area contributed by atoms with E-state index in [2.05, 4.69) is 176 Å². The van der Waals surface area contributed by atoms with Gasteiger partial charge in [-0.2, -0.15) is 5.26 Å². The molecule has 0 saturated heterocycles. The molecular weight excluding hydrogens is 751 g/mol. The van der Waals surface area contributed by atoms with Gasteiger partial charge in [0.25, 0.3) is 0 Å². The quantitative estimate of drug-likeness (QED) is 0.161. The summed E-state index contributed by atoms with van der Waals surface area (Å²) < 4.78 is 0. The predicted molar refractivity (Wildman–Crippen MR) is 254 cm³/mol. The normalized spacial score (nSPS) is 13.6. The zero-order chi connectivity index (χ0) is 41.5. The lowest BCUT2D eigenvalue weighted by molar-refractivity contribution is 0.353. The summed E-state index contributed by atoms with van der Waals surface area (Å²) in [7, 11) is 0. The van der Waals surface area contributed by atoms with Gasteiger partial charge in [0, 0.05) is 22.1 Å². The Balaban J connectivity index is 0.865. The fourth-order valence-electron chi connectivity index (χ4n) is 9.94. The Hall–Kier alpha value is -7.67. The molecule has 2 aliphatic rings. The lowest BCUT2D eigenvalue weighted by Crippen LogP contribution is -2.28. The lowest BCUT2D eigenvalue weighted by Gasteiger charge is -2.36. The molecule has 0 unspecified atom stereocenters. The number of nitriles is 1. The van der Waals surface area contributed by atoms with Crippen LogP contribution >= 0.6 is 0 Å². The summed E-state index contributed by atoms with van der Waals surface area (Å²) in [6, 6.07) is 73.7. The molecule has 1 saturated carbocycles. The molecular formula is C59H43N3. The topological polar surface area (TPSA) is 49.6 Å².